The maximum absolute atomic E-state index is 6.08. The van der Waals surface area contributed by atoms with Gasteiger partial charge in [-0.1, -0.05) is 30.7 Å². The first-order chi connectivity index (χ1) is 11.1. The van der Waals surface area contributed by atoms with Crippen molar-refractivity contribution in [2.45, 2.75) is 38.8 Å². The van der Waals surface area contributed by atoms with Crippen LogP contribution in [0.1, 0.15) is 26.7 Å². The number of ether oxygens (including phenoxy) is 1. The first-order valence-electron chi connectivity index (χ1n) is 8.29. The van der Waals surface area contributed by atoms with Crippen molar-refractivity contribution < 1.29 is 4.74 Å². The summed E-state index contributed by atoms with van der Waals surface area (Å²) < 4.78 is 5.78. The number of likely N-dealkylation sites (N-methyl/N-ethyl adjacent to an activating group) is 1. The fourth-order valence-corrected chi connectivity index (χ4v) is 3.02. The third kappa shape index (κ3) is 5.59. The molecule has 0 spiro atoms. The zero-order valence-electron chi connectivity index (χ0n) is 14.0. The van der Waals surface area contributed by atoms with E-state index in [4.69, 9.17) is 22.1 Å². The van der Waals surface area contributed by atoms with Crippen LogP contribution >= 0.6 is 11.6 Å². The molecule has 1 aliphatic rings. The number of hydrogen-bond acceptors (Lipinski definition) is 3. The van der Waals surface area contributed by atoms with E-state index in [9.17, 15) is 0 Å². The summed E-state index contributed by atoms with van der Waals surface area (Å²) in [7, 11) is 0. The second-order valence-electron chi connectivity index (χ2n) is 5.89. The summed E-state index contributed by atoms with van der Waals surface area (Å²) >= 11 is 6.08. The van der Waals surface area contributed by atoms with Gasteiger partial charge in [0.15, 0.2) is 5.96 Å². The number of nitrogens with zero attached hydrogens (tertiary/aromatic N) is 2. The van der Waals surface area contributed by atoms with Gasteiger partial charge in [0.1, 0.15) is 11.9 Å². The lowest BCUT2D eigenvalue weighted by Gasteiger charge is -2.23. The Hall–Kier alpha value is -1.46. The molecule has 23 heavy (non-hydrogen) atoms. The minimum absolute atomic E-state index is 0.0890. The summed E-state index contributed by atoms with van der Waals surface area (Å²) in [5.74, 6) is 1.15. The minimum Gasteiger partial charge on any atom is -0.487 e. The standard InChI is InChI=1S/C17H27ClN4O/c1-3-22-10-6-7-14(22)12-21-17(19)20-11-13(2)23-16-9-5-4-8-15(16)18/h4-5,8-9,13-14H,3,6-7,10-12H2,1-2H3,(H3,19,20,21). The van der Waals surface area contributed by atoms with Crippen LogP contribution in [0.25, 0.3) is 0 Å². The summed E-state index contributed by atoms with van der Waals surface area (Å²) in [6.07, 6.45) is 2.40. The first kappa shape index (κ1) is 17.9. The number of aliphatic imine (C=N–C) groups is 1. The van der Waals surface area contributed by atoms with E-state index < -0.39 is 0 Å². The molecular formula is C17H27ClN4O. The van der Waals surface area contributed by atoms with Gasteiger partial charge in [0.05, 0.1) is 11.6 Å². The van der Waals surface area contributed by atoms with Gasteiger partial charge in [-0.2, -0.15) is 0 Å². The monoisotopic (exact) mass is 338 g/mol. The van der Waals surface area contributed by atoms with Gasteiger partial charge in [-0.15, -0.1) is 0 Å². The van der Waals surface area contributed by atoms with Crippen LogP contribution in [-0.2, 0) is 0 Å². The lowest BCUT2D eigenvalue weighted by atomic mass is 10.2. The van der Waals surface area contributed by atoms with Crippen molar-refractivity contribution in [3.63, 3.8) is 0 Å². The van der Waals surface area contributed by atoms with E-state index in [2.05, 4.69) is 22.1 Å². The topological polar surface area (TPSA) is 62.9 Å². The molecule has 0 saturated carbocycles. The molecule has 0 bridgehead atoms. The summed E-state index contributed by atoms with van der Waals surface area (Å²) in [6, 6.07) is 8.00. The predicted molar refractivity (Wildman–Crippen MR) is 96.3 cm³/mol. The third-order valence-electron chi connectivity index (χ3n) is 4.11. The molecule has 1 aliphatic heterocycles. The van der Waals surface area contributed by atoms with Crippen molar-refractivity contribution in [2.24, 2.45) is 10.7 Å². The molecule has 1 heterocycles. The van der Waals surface area contributed by atoms with Gasteiger partial charge in [0.25, 0.3) is 0 Å². The highest BCUT2D eigenvalue weighted by molar-refractivity contribution is 6.32. The van der Waals surface area contributed by atoms with Gasteiger partial charge in [-0.25, -0.2) is 4.99 Å². The maximum Gasteiger partial charge on any atom is 0.188 e. The van der Waals surface area contributed by atoms with Crippen molar-refractivity contribution >= 4 is 17.6 Å². The highest BCUT2D eigenvalue weighted by Crippen LogP contribution is 2.24. The van der Waals surface area contributed by atoms with E-state index in [1.165, 1.54) is 19.4 Å². The molecule has 2 unspecified atom stereocenters. The molecule has 128 valence electrons. The summed E-state index contributed by atoms with van der Waals surface area (Å²) in [5, 5.41) is 3.83. The van der Waals surface area contributed by atoms with Crippen LogP contribution in [0.4, 0.5) is 0 Å². The summed E-state index contributed by atoms with van der Waals surface area (Å²) in [5.41, 5.74) is 5.95. The lowest BCUT2D eigenvalue weighted by Crippen LogP contribution is -2.43. The Morgan fingerprint density at radius 3 is 3.04 bits per heavy atom. The molecule has 0 aromatic heterocycles. The number of rotatable bonds is 7. The number of benzene rings is 1. The van der Waals surface area contributed by atoms with E-state index in [1.807, 2.05) is 31.2 Å². The number of hydrogen-bond donors (Lipinski definition) is 2. The number of likely N-dealkylation sites (tertiary alicyclic amines) is 1. The molecule has 6 heteroatoms. The van der Waals surface area contributed by atoms with Crippen LogP contribution in [-0.4, -0.2) is 49.2 Å². The molecule has 0 radical (unpaired) electrons. The Morgan fingerprint density at radius 1 is 1.52 bits per heavy atom. The normalized spacial score (nSPS) is 20.5. The predicted octanol–water partition coefficient (Wildman–Crippen LogP) is 2.50. The first-order valence-corrected chi connectivity index (χ1v) is 8.67. The van der Waals surface area contributed by atoms with Gasteiger partial charge in [0.2, 0.25) is 0 Å². The molecule has 1 saturated heterocycles. The zero-order valence-corrected chi connectivity index (χ0v) is 14.7. The maximum atomic E-state index is 6.08. The average Bonchev–Trinajstić information content (AvgIpc) is 3.00. The summed E-state index contributed by atoms with van der Waals surface area (Å²) in [4.78, 5) is 6.83. The summed E-state index contributed by atoms with van der Waals surface area (Å²) in [6.45, 7) is 7.77. The van der Waals surface area contributed by atoms with Crippen molar-refractivity contribution in [3.8, 4) is 5.75 Å². The largest absolute Gasteiger partial charge is 0.487 e. The van der Waals surface area contributed by atoms with Crippen molar-refractivity contribution in [2.75, 3.05) is 26.2 Å². The molecular weight excluding hydrogens is 312 g/mol. The van der Waals surface area contributed by atoms with E-state index in [0.29, 0.717) is 29.3 Å². The Balaban J connectivity index is 1.74. The van der Waals surface area contributed by atoms with Gasteiger partial charge < -0.3 is 15.8 Å². The van der Waals surface area contributed by atoms with E-state index in [0.717, 1.165) is 13.1 Å². The number of nitrogens with two attached hydrogens (primary N) is 1. The fourth-order valence-electron chi connectivity index (χ4n) is 2.84. The molecule has 5 nitrogen and oxygen atoms in total. The highest BCUT2D eigenvalue weighted by Gasteiger charge is 2.22. The van der Waals surface area contributed by atoms with E-state index in [1.54, 1.807) is 0 Å². The second-order valence-corrected chi connectivity index (χ2v) is 6.30. The fraction of sp³-hybridized carbons (Fsp3) is 0.588. The number of para-hydroxylation sites is 1. The number of guanidine groups is 1. The molecule has 1 fully saturated rings. The van der Waals surface area contributed by atoms with Crippen LogP contribution < -0.4 is 15.8 Å². The quantitative estimate of drug-likeness (QED) is 0.592. The van der Waals surface area contributed by atoms with E-state index in [-0.39, 0.29) is 6.10 Å². The smallest absolute Gasteiger partial charge is 0.188 e. The van der Waals surface area contributed by atoms with Crippen LogP contribution in [0, 0.1) is 0 Å². The zero-order chi connectivity index (χ0) is 16.7. The molecule has 1 aromatic rings. The number of halogens is 1. The molecule has 0 aliphatic carbocycles. The molecule has 0 amide bonds. The van der Waals surface area contributed by atoms with Gasteiger partial charge in [0, 0.05) is 12.6 Å². The Kier molecular flexibility index (Phi) is 6.99. The Bertz CT molecular complexity index is 523. The van der Waals surface area contributed by atoms with Crippen molar-refractivity contribution in [3.05, 3.63) is 29.3 Å². The Labute approximate surface area is 143 Å². The SMILES string of the molecule is CCN1CCCC1CNC(N)=NCC(C)Oc1ccccc1Cl. The highest BCUT2D eigenvalue weighted by atomic mass is 35.5. The van der Waals surface area contributed by atoms with Gasteiger partial charge >= 0.3 is 0 Å². The van der Waals surface area contributed by atoms with Crippen molar-refractivity contribution in [1.82, 2.24) is 10.2 Å². The number of nitrogens with one attached hydrogen (secondary N) is 1. The molecule has 1 aromatic carbocycles. The van der Waals surface area contributed by atoms with Crippen LogP contribution in [0.3, 0.4) is 0 Å². The average molecular weight is 339 g/mol. The van der Waals surface area contributed by atoms with Crippen molar-refractivity contribution in [1.29, 1.82) is 0 Å². The second kappa shape index (κ2) is 8.99. The van der Waals surface area contributed by atoms with Crippen LogP contribution in [0.5, 0.6) is 5.75 Å². The van der Waals surface area contributed by atoms with E-state index >= 15 is 0 Å². The Morgan fingerprint density at radius 2 is 2.30 bits per heavy atom. The third-order valence-corrected chi connectivity index (χ3v) is 4.42. The minimum atomic E-state index is -0.0890. The molecule has 2 atom stereocenters. The molecule has 3 N–H and O–H groups in total. The van der Waals surface area contributed by atoms with Gasteiger partial charge in [-0.3, -0.25) is 4.90 Å². The van der Waals surface area contributed by atoms with Crippen LogP contribution in [0.2, 0.25) is 5.02 Å². The van der Waals surface area contributed by atoms with Gasteiger partial charge in [-0.05, 0) is 45.0 Å². The molecule has 2 rings (SSSR count). The van der Waals surface area contributed by atoms with Crippen LogP contribution in [0.15, 0.2) is 29.3 Å². The lowest BCUT2D eigenvalue weighted by molar-refractivity contribution is 0.230.